The third kappa shape index (κ3) is 6.38. The number of benzene rings is 4. The molecular weight excluding hydrogens is 463 g/mol. The third-order valence-corrected chi connectivity index (χ3v) is 6.51. The van der Waals surface area contributed by atoms with Gasteiger partial charge >= 0.3 is 0 Å². The van der Waals surface area contributed by atoms with Crippen LogP contribution in [-0.4, -0.2) is 17.4 Å². The van der Waals surface area contributed by atoms with Crippen LogP contribution in [0.5, 0.6) is 0 Å². The van der Waals surface area contributed by atoms with Crippen molar-refractivity contribution in [3.05, 3.63) is 118 Å². The molecule has 1 atom stereocenters. The van der Waals surface area contributed by atoms with Crippen LogP contribution in [0.3, 0.4) is 0 Å². The summed E-state index contributed by atoms with van der Waals surface area (Å²) < 4.78 is 0. The van der Waals surface area contributed by atoms with E-state index in [4.69, 9.17) is 23.2 Å². The Morgan fingerprint density at radius 3 is 1.97 bits per heavy atom. The molecule has 4 aromatic rings. The Labute approximate surface area is 211 Å². The lowest BCUT2D eigenvalue weighted by Gasteiger charge is -2.24. The molecule has 1 unspecified atom stereocenters. The quantitative estimate of drug-likeness (QED) is 0.264. The van der Waals surface area contributed by atoms with Gasteiger partial charge in [0.05, 0.1) is 0 Å². The molecule has 4 aromatic carbocycles. The van der Waals surface area contributed by atoms with Gasteiger partial charge in [-0.2, -0.15) is 0 Å². The maximum absolute atomic E-state index is 13.3. The maximum atomic E-state index is 13.3. The van der Waals surface area contributed by atoms with Crippen LogP contribution in [-0.2, 0) is 17.9 Å². The summed E-state index contributed by atoms with van der Waals surface area (Å²) in [5.74, 6) is 0.0996. The fourth-order valence-corrected chi connectivity index (χ4v) is 4.40. The normalized spacial score (nSPS) is 12.0. The van der Waals surface area contributed by atoms with Crippen molar-refractivity contribution in [3.8, 4) is 0 Å². The van der Waals surface area contributed by atoms with Crippen molar-refractivity contribution >= 4 is 39.9 Å². The van der Waals surface area contributed by atoms with Crippen molar-refractivity contribution in [3.63, 3.8) is 0 Å². The fourth-order valence-electron chi connectivity index (χ4n) is 4.14. The molecule has 0 aliphatic rings. The molecule has 1 N–H and O–H groups in total. The van der Waals surface area contributed by atoms with Crippen molar-refractivity contribution in [2.45, 2.75) is 32.5 Å². The number of halogens is 2. The molecule has 3 nitrogen and oxygen atoms in total. The van der Waals surface area contributed by atoms with Crippen molar-refractivity contribution < 1.29 is 4.79 Å². The van der Waals surface area contributed by atoms with Crippen molar-refractivity contribution in [2.75, 3.05) is 6.54 Å². The molecule has 174 valence electrons. The van der Waals surface area contributed by atoms with E-state index in [9.17, 15) is 4.79 Å². The first-order valence-corrected chi connectivity index (χ1v) is 12.2. The second kappa shape index (κ2) is 11.5. The number of amides is 1. The van der Waals surface area contributed by atoms with Crippen LogP contribution >= 0.6 is 23.2 Å². The van der Waals surface area contributed by atoms with E-state index in [1.165, 1.54) is 16.3 Å². The summed E-state index contributed by atoms with van der Waals surface area (Å²) in [6, 6.07) is 30.2. The molecule has 0 heterocycles. The van der Waals surface area contributed by atoms with Gasteiger partial charge in [0.1, 0.15) is 0 Å². The maximum Gasteiger partial charge on any atom is 0.224 e. The van der Waals surface area contributed by atoms with Gasteiger partial charge in [-0.3, -0.25) is 4.79 Å². The van der Waals surface area contributed by atoms with Crippen LogP contribution in [0, 0.1) is 0 Å². The predicted molar refractivity (Wildman–Crippen MR) is 142 cm³/mol. The van der Waals surface area contributed by atoms with E-state index in [1.54, 1.807) is 0 Å². The zero-order chi connectivity index (χ0) is 23.9. The molecule has 0 fully saturated rings. The van der Waals surface area contributed by atoms with Crippen LogP contribution < -0.4 is 5.32 Å². The lowest BCUT2D eigenvalue weighted by atomic mass is 9.99. The van der Waals surface area contributed by atoms with E-state index < -0.39 is 0 Å². The Hall–Kier alpha value is -2.85. The monoisotopic (exact) mass is 490 g/mol. The number of hydrogen-bond acceptors (Lipinski definition) is 2. The summed E-state index contributed by atoms with van der Waals surface area (Å²) in [5.41, 5.74) is 3.33. The summed E-state index contributed by atoms with van der Waals surface area (Å²) in [6.45, 7) is 3.79. The second-order valence-corrected chi connectivity index (χ2v) is 9.37. The Bertz CT molecular complexity index is 1190. The lowest BCUT2D eigenvalue weighted by molar-refractivity contribution is -0.132. The minimum atomic E-state index is 0.0996. The number of nitrogens with zero attached hydrogens (tertiary/aromatic N) is 1. The molecule has 0 saturated heterocycles. The van der Waals surface area contributed by atoms with Gasteiger partial charge in [-0.25, -0.2) is 0 Å². The molecule has 0 spiro atoms. The lowest BCUT2D eigenvalue weighted by Crippen LogP contribution is -2.33. The number of carbonyl (C=O) groups excluding carboxylic acids is 1. The number of fused-ring (bicyclic) bond motifs is 1. The van der Waals surface area contributed by atoms with Gasteiger partial charge in [0, 0.05) is 42.1 Å². The first kappa shape index (κ1) is 24.3. The first-order valence-electron chi connectivity index (χ1n) is 11.5. The minimum Gasteiger partial charge on any atom is -0.334 e. The Kier molecular flexibility index (Phi) is 8.23. The molecule has 5 heteroatoms. The molecule has 1 amide bonds. The summed E-state index contributed by atoms with van der Waals surface area (Å²) in [4.78, 5) is 15.1. The van der Waals surface area contributed by atoms with Crippen LogP contribution in [0.25, 0.3) is 10.8 Å². The Morgan fingerprint density at radius 1 is 0.794 bits per heavy atom. The summed E-state index contributed by atoms with van der Waals surface area (Å²) in [6.07, 6.45) is 0.413. The van der Waals surface area contributed by atoms with Crippen LogP contribution in [0.4, 0.5) is 0 Å². The summed E-state index contributed by atoms with van der Waals surface area (Å²) >= 11 is 12.1. The Balaban J connectivity index is 1.41. The van der Waals surface area contributed by atoms with Gasteiger partial charge in [-0.1, -0.05) is 89.9 Å². The molecule has 4 rings (SSSR count). The highest BCUT2D eigenvalue weighted by molar-refractivity contribution is 6.30. The van der Waals surface area contributed by atoms with Gasteiger partial charge in [-0.05, 0) is 58.7 Å². The average Bonchev–Trinajstić information content (AvgIpc) is 2.85. The van der Waals surface area contributed by atoms with E-state index in [0.29, 0.717) is 36.1 Å². The van der Waals surface area contributed by atoms with E-state index >= 15 is 0 Å². The van der Waals surface area contributed by atoms with E-state index in [1.807, 2.05) is 53.4 Å². The van der Waals surface area contributed by atoms with Crippen LogP contribution in [0.15, 0.2) is 91.0 Å². The number of hydrogen-bond donors (Lipinski definition) is 1. The predicted octanol–water partition coefficient (Wildman–Crippen LogP) is 7.42. The molecular formula is C29H28Cl2N2O. The fraction of sp³-hybridized carbons (Fsp3) is 0.207. The van der Waals surface area contributed by atoms with Crippen molar-refractivity contribution in [2.24, 2.45) is 0 Å². The number of rotatable bonds is 9. The molecule has 0 radical (unpaired) electrons. The zero-order valence-electron chi connectivity index (χ0n) is 19.2. The highest BCUT2D eigenvalue weighted by Crippen LogP contribution is 2.24. The van der Waals surface area contributed by atoms with Gasteiger partial charge in [0.25, 0.3) is 0 Å². The van der Waals surface area contributed by atoms with Gasteiger partial charge in [0.15, 0.2) is 0 Å². The molecule has 0 bridgehead atoms. The van der Waals surface area contributed by atoms with Crippen LogP contribution in [0.2, 0.25) is 10.0 Å². The van der Waals surface area contributed by atoms with Crippen LogP contribution in [0.1, 0.15) is 36.1 Å². The number of carbonyl (C=O) groups is 1. The first-order chi connectivity index (χ1) is 16.5. The summed E-state index contributed by atoms with van der Waals surface area (Å²) in [7, 11) is 0. The standard InChI is InChI=1S/C29H28Cl2N2O/c1-21(27-8-4-6-24-5-2-3-7-28(24)27)32-18-17-29(34)33(19-22-9-13-25(30)14-10-22)20-23-11-15-26(31)16-12-23/h2-16,21,32H,17-20H2,1H3. The van der Waals surface area contributed by atoms with Crippen molar-refractivity contribution in [1.29, 1.82) is 0 Å². The molecule has 0 aromatic heterocycles. The van der Waals surface area contributed by atoms with E-state index in [0.717, 1.165) is 11.1 Å². The van der Waals surface area contributed by atoms with Gasteiger partial charge in [0.2, 0.25) is 5.91 Å². The smallest absolute Gasteiger partial charge is 0.224 e. The van der Waals surface area contributed by atoms with Crippen molar-refractivity contribution in [1.82, 2.24) is 10.2 Å². The topological polar surface area (TPSA) is 32.3 Å². The molecule has 34 heavy (non-hydrogen) atoms. The van der Waals surface area contributed by atoms with E-state index in [-0.39, 0.29) is 11.9 Å². The highest BCUT2D eigenvalue weighted by Gasteiger charge is 2.16. The molecule has 0 aliphatic heterocycles. The average molecular weight is 491 g/mol. The number of nitrogens with one attached hydrogen (secondary N) is 1. The van der Waals surface area contributed by atoms with E-state index in [2.05, 4.69) is 54.7 Å². The Morgan fingerprint density at radius 2 is 1.35 bits per heavy atom. The highest BCUT2D eigenvalue weighted by atomic mass is 35.5. The molecule has 0 aliphatic carbocycles. The summed E-state index contributed by atoms with van der Waals surface area (Å²) in [5, 5.41) is 7.37. The zero-order valence-corrected chi connectivity index (χ0v) is 20.7. The minimum absolute atomic E-state index is 0.0996. The van der Waals surface area contributed by atoms with Gasteiger partial charge < -0.3 is 10.2 Å². The molecule has 0 saturated carbocycles. The largest absolute Gasteiger partial charge is 0.334 e. The third-order valence-electron chi connectivity index (χ3n) is 6.01. The van der Waals surface area contributed by atoms with Gasteiger partial charge in [-0.15, -0.1) is 0 Å². The second-order valence-electron chi connectivity index (χ2n) is 8.50. The SMILES string of the molecule is CC(NCCC(=O)N(Cc1ccc(Cl)cc1)Cc1ccc(Cl)cc1)c1cccc2ccccc12.